The van der Waals surface area contributed by atoms with Gasteiger partial charge in [-0.05, 0) is 12.5 Å². The molecule has 0 fully saturated rings. The van der Waals surface area contributed by atoms with Gasteiger partial charge >= 0.3 is 0 Å². The number of amides is 1. The van der Waals surface area contributed by atoms with Gasteiger partial charge in [0.1, 0.15) is 12.2 Å². The summed E-state index contributed by atoms with van der Waals surface area (Å²) >= 11 is 5.84. The van der Waals surface area contributed by atoms with E-state index in [1.165, 1.54) is 18.3 Å². The summed E-state index contributed by atoms with van der Waals surface area (Å²) in [6, 6.07) is 1.80. The molecule has 2 aromatic rings. The molecule has 8 nitrogen and oxygen atoms in total. The number of alkyl halides is 1. The van der Waals surface area contributed by atoms with Crippen LogP contribution in [-0.4, -0.2) is 52.7 Å². The molecule has 0 atom stereocenters. The lowest BCUT2D eigenvalue weighted by atomic mass is 10.2. The normalized spacial score (nSPS) is 10.6. The lowest BCUT2D eigenvalue weighted by Gasteiger charge is -2.28. The first-order valence-corrected chi connectivity index (χ1v) is 8.60. The van der Waals surface area contributed by atoms with E-state index in [9.17, 15) is 4.79 Å². The fourth-order valence-corrected chi connectivity index (χ4v) is 2.57. The Morgan fingerprint density at radius 1 is 1.40 bits per heavy atom. The lowest BCUT2D eigenvalue weighted by molar-refractivity contribution is -0.116. The molecule has 2 rings (SSSR count). The van der Waals surface area contributed by atoms with Gasteiger partial charge in [0.2, 0.25) is 11.8 Å². The second-order valence-electron chi connectivity index (χ2n) is 5.53. The molecule has 0 radical (unpaired) electrons. The van der Waals surface area contributed by atoms with Crippen molar-refractivity contribution in [1.82, 2.24) is 20.2 Å². The maximum absolute atomic E-state index is 12.5. The highest BCUT2D eigenvalue weighted by atomic mass is 35.5. The SMILES string of the molecule is CCCCN(C)c1ncnc(OC)c1N(Cc1ccn[nH]1)C(=O)CCl. The van der Waals surface area contributed by atoms with Crippen LogP contribution in [0.2, 0.25) is 0 Å². The largest absolute Gasteiger partial charge is 0.479 e. The number of aromatic nitrogens is 4. The second-order valence-corrected chi connectivity index (χ2v) is 5.79. The Balaban J connectivity index is 2.47. The van der Waals surface area contributed by atoms with Crippen molar-refractivity contribution in [3.8, 4) is 5.88 Å². The molecule has 0 saturated heterocycles. The van der Waals surface area contributed by atoms with Crippen molar-refractivity contribution in [2.45, 2.75) is 26.3 Å². The van der Waals surface area contributed by atoms with Crippen LogP contribution in [0, 0.1) is 0 Å². The molecule has 0 aliphatic carbocycles. The molecular weight excluding hydrogens is 344 g/mol. The maximum Gasteiger partial charge on any atom is 0.243 e. The quantitative estimate of drug-likeness (QED) is 0.685. The number of rotatable bonds is 9. The van der Waals surface area contributed by atoms with Crippen LogP contribution in [0.5, 0.6) is 5.88 Å². The third-order valence-corrected chi connectivity index (χ3v) is 3.97. The summed E-state index contributed by atoms with van der Waals surface area (Å²) < 4.78 is 5.39. The van der Waals surface area contributed by atoms with E-state index in [0.717, 1.165) is 25.1 Å². The van der Waals surface area contributed by atoms with Gasteiger partial charge in [0.15, 0.2) is 11.5 Å². The van der Waals surface area contributed by atoms with Crippen LogP contribution >= 0.6 is 11.6 Å². The summed E-state index contributed by atoms with van der Waals surface area (Å²) in [6.07, 6.45) is 5.12. The fourth-order valence-electron chi connectivity index (χ4n) is 2.43. The number of methoxy groups -OCH3 is 1. The summed E-state index contributed by atoms with van der Waals surface area (Å²) in [4.78, 5) is 24.6. The average molecular weight is 367 g/mol. The molecule has 0 spiro atoms. The molecule has 2 aromatic heterocycles. The van der Waals surface area contributed by atoms with E-state index < -0.39 is 0 Å². The zero-order chi connectivity index (χ0) is 18.2. The Morgan fingerprint density at radius 3 is 2.80 bits per heavy atom. The summed E-state index contributed by atoms with van der Waals surface area (Å²) in [5.74, 6) is 0.517. The van der Waals surface area contributed by atoms with Crippen molar-refractivity contribution in [2.24, 2.45) is 0 Å². The molecule has 1 N–H and O–H groups in total. The monoisotopic (exact) mass is 366 g/mol. The first-order chi connectivity index (χ1) is 12.1. The topological polar surface area (TPSA) is 87.2 Å². The maximum atomic E-state index is 12.5. The molecular formula is C16H23ClN6O2. The number of ether oxygens (including phenoxy) is 1. The third kappa shape index (κ3) is 4.60. The average Bonchev–Trinajstić information content (AvgIpc) is 3.16. The highest BCUT2D eigenvalue weighted by molar-refractivity contribution is 6.29. The number of hydrogen-bond donors (Lipinski definition) is 1. The van der Waals surface area contributed by atoms with Crippen LogP contribution in [0.3, 0.4) is 0 Å². The zero-order valence-corrected chi connectivity index (χ0v) is 15.5. The Morgan fingerprint density at radius 2 is 2.20 bits per heavy atom. The Labute approximate surface area is 152 Å². The van der Waals surface area contributed by atoms with Gasteiger partial charge < -0.3 is 9.64 Å². The van der Waals surface area contributed by atoms with Gasteiger partial charge in [-0.3, -0.25) is 14.8 Å². The summed E-state index contributed by atoms with van der Waals surface area (Å²) in [5, 5.41) is 6.78. The van der Waals surface area contributed by atoms with Gasteiger partial charge in [0.05, 0.1) is 19.3 Å². The van der Waals surface area contributed by atoms with E-state index in [4.69, 9.17) is 16.3 Å². The number of nitrogens with one attached hydrogen (secondary N) is 1. The van der Waals surface area contributed by atoms with Crippen LogP contribution in [0.1, 0.15) is 25.5 Å². The highest BCUT2D eigenvalue weighted by Gasteiger charge is 2.26. The number of anilines is 2. The van der Waals surface area contributed by atoms with Crippen molar-refractivity contribution >= 4 is 29.0 Å². The predicted molar refractivity (Wildman–Crippen MR) is 97.3 cm³/mol. The van der Waals surface area contributed by atoms with Gasteiger partial charge in [-0.25, -0.2) is 4.98 Å². The number of hydrogen-bond acceptors (Lipinski definition) is 6. The number of nitrogens with zero attached hydrogens (tertiary/aromatic N) is 5. The molecule has 0 aliphatic rings. The second kappa shape index (κ2) is 9.22. The Bertz CT molecular complexity index is 679. The van der Waals surface area contributed by atoms with Gasteiger partial charge in [0, 0.05) is 19.8 Å². The van der Waals surface area contributed by atoms with E-state index in [1.54, 1.807) is 12.3 Å². The van der Waals surface area contributed by atoms with E-state index in [0.29, 0.717) is 17.4 Å². The van der Waals surface area contributed by atoms with E-state index in [2.05, 4.69) is 27.1 Å². The van der Waals surface area contributed by atoms with Crippen LogP contribution in [0.25, 0.3) is 0 Å². The van der Waals surface area contributed by atoms with Crippen LogP contribution < -0.4 is 14.5 Å². The van der Waals surface area contributed by atoms with Gasteiger partial charge in [-0.2, -0.15) is 10.1 Å². The minimum absolute atomic E-state index is 0.162. The number of carbonyl (C=O) groups excluding carboxylic acids is 1. The molecule has 0 bridgehead atoms. The Kier molecular flexibility index (Phi) is 7.00. The van der Waals surface area contributed by atoms with Crippen molar-refractivity contribution in [2.75, 3.05) is 36.4 Å². The molecule has 0 aromatic carbocycles. The van der Waals surface area contributed by atoms with Crippen LogP contribution in [0.4, 0.5) is 11.5 Å². The summed E-state index contributed by atoms with van der Waals surface area (Å²) in [6.45, 7) is 3.19. The van der Waals surface area contributed by atoms with Crippen molar-refractivity contribution in [1.29, 1.82) is 0 Å². The number of unbranched alkanes of at least 4 members (excludes halogenated alkanes) is 1. The fraction of sp³-hybridized carbons (Fsp3) is 0.500. The zero-order valence-electron chi connectivity index (χ0n) is 14.7. The summed E-state index contributed by atoms with van der Waals surface area (Å²) in [7, 11) is 3.45. The molecule has 2 heterocycles. The molecule has 0 aliphatic heterocycles. The molecule has 0 saturated carbocycles. The Hall–Kier alpha value is -2.35. The number of H-pyrrole nitrogens is 1. The number of aromatic amines is 1. The third-order valence-electron chi connectivity index (χ3n) is 3.74. The molecule has 1 amide bonds. The van der Waals surface area contributed by atoms with Crippen molar-refractivity contribution in [3.63, 3.8) is 0 Å². The summed E-state index contributed by atoms with van der Waals surface area (Å²) in [5.41, 5.74) is 1.27. The molecule has 9 heteroatoms. The minimum atomic E-state index is -0.269. The van der Waals surface area contributed by atoms with Crippen molar-refractivity contribution < 1.29 is 9.53 Å². The van der Waals surface area contributed by atoms with E-state index >= 15 is 0 Å². The molecule has 25 heavy (non-hydrogen) atoms. The first kappa shape index (κ1) is 19.0. The number of carbonyl (C=O) groups is 1. The van der Waals surface area contributed by atoms with Gasteiger partial charge in [-0.1, -0.05) is 13.3 Å². The standard InChI is InChI=1S/C16H23ClN6O2/c1-4-5-8-22(2)15-14(16(25-3)19-11-18-15)23(13(24)9-17)10-12-6-7-20-21-12/h6-7,11H,4-5,8-10H2,1-3H3,(H,20,21). The smallest absolute Gasteiger partial charge is 0.243 e. The highest BCUT2D eigenvalue weighted by Crippen LogP contribution is 2.35. The van der Waals surface area contributed by atoms with E-state index in [-0.39, 0.29) is 18.3 Å². The van der Waals surface area contributed by atoms with Gasteiger partial charge in [-0.15, -0.1) is 11.6 Å². The van der Waals surface area contributed by atoms with Crippen LogP contribution in [-0.2, 0) is 11.3 Å². The van der Waals surface area contributed by atoms with Gasteiger partial charge in [0.25, 0.3) is 0 Å². The predicted octanol–water partition coefficient (Wildman–Crippen LogP) is 2.22. The van der Waals surface area contributed by atoms with Crippen molar-refractivity contribution in [3.05, 3.63) is 24.3 Å². The lowest BCUT2D eigenvalue weighted by Crippen LogP contribution is -2.34. The molecule has 136 valence electrons. The molecule has 0 unspecified atom stereocenters. The van der Waals surface area contributed by atoms with Crippen LogP contribution in [0.15, 0.2) is 18.6 Å². The number of halogens is 1. The first-order valence-electron chi connectivity index (χ1n) is 8.07. The minimum Gasteiger partial charge on any atom is -0.479 e. The van der Waals surface area contributed by atoms with E-state index in [1.807, 2.05) is 11.9 Å².